The van der Waals surface area contributed by atoms with E-state index >= 15 is 0 Å². The van der Waals surface area contributed by atoms with Gasteiger partial charge < -0.3 is 5.11 Å². The van der Waals surface area contributed by atoms with Gasteiger partial charge in [0.15, 0.2) is 0 Å². The third kappa shape index (κ3) is 4.10. The van der Waals surface area contributed by atoms with Crippen molar-refractivity contribution in [2.75, 3.05) is 6.26 Å². The maximum atomic E-state index is 10.8. The predicted molar refractivity (Wildman–Crippen MR) is 71.2 cm³/mol. The molecule has 1 atom stereocenters. The smallest absolute Gasteiger partial charge is 0.316 e. The molecule has 0 heterocycles. The van der Waals surface area contributed by atoms with Gasteiger partial charge in [0.25, 0.3) is 0 Å². The molecule has 1 aromatic rings. The van der Waals surface area contributed by atoms with Gasteiger partial charge in [-0.25, -0.2) is 0 Å². The van der Waals surface area contributed by atoms with E-state index in [2.05, 4.69) is 24.3 Å². The highest BCUT2D eigenvalue weighted by atomic mass is 32.2. The second kappa shape index (κ2) is 6.86. The summed E-state index contributed by atoms with van der Waals surface area (Å²) >= 11 is 3.20. The Balaban J connectivity index is 2.50. The van der Waals surface area contributed by atoms with Gasteiger partial charge in [-0.15, -0.1) is 23.5 Å². The first kappa shape index (κ1) is 13.5. The number of rotatable bonds is 6. The fourth-order valence-corrected chi connectivity index (χ4v) is 2.65. The summed E-state index contributed by atoms with van der Waals surface area (Å²) in [7, 11) is 0. The summed E-state index contributed by atoms with van der Waals surface area (Å²) in [5.41, 5.74) is 1.18. The zero-order valence-corrected chi connectivity index (χ0v) is 11.1. The van der Waals surface area contributed by atoms with Crippen molar-refractivity contribution in [2.24, 2.45) is 0 Å². The first-order valence-corrected chi connectivity index (χ1v) is 7.42. The van der Waals surface area contributed by atoms with Gasteiger partial charge in [-0.2, -0.15) is 0 Å². The summed E-state index contributed by atoms with van der Waals surface area (Å²) in [6, 6.07) is 8.27. The van der Waals surface area contributed by atoms with Crippen molar-refractivity contribution >= 4 is 29.5 Å². The highest BCUT2D eigenvalue weighted by Gasteiger charge is 2.14. The summed E-state index contributed by atoms with van der Waals surface area (Å²) in [6.07, 6.45) is 2.71. The molecule has 0 bridgehead atoms. The Hall–Kier alpha value is -0.610. The molecule has 0 saturated carbocycles. The number of carbonyl (C=O) groups is 1. The van der Waals surface area contributed by atoms with Gasteiger partial charge in [0.2, 0.25) is 0 Å². The quantitative estimate of drug-likeness (QED) is 0.790. The Morgan fingerprint density at radius 1 is 1.38 bits per heavy atom. The maximum Gasteiger partial charge on any atom is 0.316 e. The molecule has 0 radical (unpaired) electrons. The van der Waals surface area contributed by atoms with E-state index < -0.39 is 5.97 Å². The minimum atomic E-state index is -0.715. The van der Waals surface area contributed by atoms with E-state index in [1.165, 1.54) is 22.2 Å². The Morgan fingerprint density at radius 2 is 2.00 bits per heavy atom. The van der Waals surface area contributed by atoms with Gasteiger partial charge >= 0.3 is 5.97 Å². The van der Waals surface area contributed by atoms with Crippen LogP contribution in [0.4, 0.5) is 0 Å². The molecule has 0 aliphatic heterocycles. The standard InChI is InChI=1S/C12H16O2S2/c1-3-11(12(13)14)16-8-9-4-6-10(15-2)7-5-9/h4-7,11H,3,8H2,1-2H3,(H,13,14). The topological polar surface area (TPSA) is 37.3 Å². The summed E-state index contributed by atoms with van der Waals surface area (Å²) < 4.78 is 0. The van der Waals surface area contributed by atoms with E-state index in [1.807, 2.05) is 13.2 Å². The molecule has 1 N–H and O–H groups in total. The number of benzene rings is 1. The van der Waals surface area contributed by atoms with Crippen LogP contribution in [0.5, 0.6) is 0 Å². The van der Waals surface area contributed by atoms with Gasteiger partial charge in [0.1, 0.15) is 5.25 Å². The third-order valence-electron chi connectivity index (χ3n) is 2.26. The lowest BCUT2D eigenvalue weighted by Gasteiger charge is -2.09. The van der Waals surface area contributed by atoms with Crippen molar-refractivity contribution in [2.45, 2.75) is 29.2 Å². The van der Waals surface area contributed by atoms with Crippen LogP contribution in [0.1, 0.15) is 18.9 Å². The molecule has 0 spiro atoms. The highest BCUT2D eigenvalue weighted by molar-refractivity contribution is 7.99. The zero-order chi connectivity index (χ0) is 12.0. The fraction of sp³-hybridized carbons (Fsp3) is 0.417. The molecule has 0 aromatic heterocycles. The molecule has 0 fully saturated rings. The van der Waals surface area contributed by atoms with E-state index in [1.54, 1.807) is 11.8 Å². The maximum absolute atomic E-state index is 10.8. The van der Waals surface area contributed by atoms with Crippen LogP contribution >= 0.6 is 23.5 Å². The van der Waals surface area contributed by atoms with Crippen LogP contribution in [0.25, 0.3) is 0 Å². The molecule has 1 aromatic carbocycles. The van der Waals surface area contributed by atoms with E-state index in [4.69, 9.17) is 5.11 Å². The normalized spacial score (nSPS) is 12.4. The number of hydrogen-bond acceptors (Lipinski definition) is 3. The lowest BCUT2D eigenvalue weighted by atomic mass is 10.2. The molecular formula is C12H16O2S2. The largest absolute Gasteiger partial charge is 0.480 e. The first-order valence-electron chi connectivity index (χ1n) is 5.14. The van der Waals surface area contributed by atoms with Crippen LogP contribution in [0.15, 0.2) is 29.2 Å². The fourth-order valence-electron chi connectivity index (χ4n) is 1.28. The van der Waals surface area contributed by atoms with Gasteiger partial charge in [0.05, 0.1) is 0 Å². The van der Waals surface area contributed by atoms with Crippen LogP contribution in [0, 0.1) is 0 Å². The minimum Gasteiger partial charge on any atom is -0.480 e. The summed E-state index contributed by atoms with van der Waals surface area (Å²) in [4.78, 5) is 12.1. The van der Waals surface area contributed by atoms with E-state index in [0.29, 0.717) is 6.42 Å². The average molecular weight is 256 g/mol. The molecule has 0 aliphatic rings. The van der Waals surface area contributed by atoms with Gasteiger partial charge in [0, 0.05) is 10.6 Å². The molecule has 1 rings (SSSR count). The third-order valence-corrected chi connectivity index (χ3v) is 4.44. The van der Waals surface area contributed by atoms with Crippen LogP contribution in [0.3, 0.4) is 0 Å². The number of thioether (sulfide) groups is 2. The van der Waals surface area contributed by atoms with Gasteiger partial charge in [-0.05, 0) is 30.4 Å². The van der Waals surface area contributed by atoms with Crippen molar-refractivity contribution < 1.29 is 9.90 Å². The molecule has 0 aliphatic carbocycles. The van der Waals surface area contributed by atoms with E-state index in [0.717, 1.165) is 5.75 Å². The number of carboxylic acids is 1. The number of hydrogen-bond donors (Lipinski definition) is 1. The van der Waals surface area contributed by atoms with E-state index in [-0.39, 0.29) is 5.25 Å². The molecule has 4 heteroatoms. The SMILES string of the molecule is CCC(SCc1ccc(SC)cc1)C(=O)O. The molecule has 1 unspecified atom stereocenters. The minimum absolute atomic E-state index is 0.291. The average Bonchev–Trinajstić information content (AvgIpc) is 2.30. The van der Waals surface area contributed by atoms with Gasteiger partial charge in [-0.1, -0.05) is 19.1 Å². The van der Waals surface area contributed by atoms with Crippen LogP contribution in [-0.4, -0.2) is 22.6 Å². The van der Waals surface area contributed by atoms with Crippen molar-refractivity contribution in [3.63, 3.8) is 0 Å². The summed E-state index contributed by atoms with van der Waals surface area (Å²) in [6.45, 7) is 1.91. The second-order valence-corrected chi connectivity index (χ2v) is 5.46. The summed E-state index contributed by atoms with van der Waals surface area (Å²) in [5, 5.41) is 8.62. The molecule has 0 amide bonds. The monoisotopic (exact) mass is 256 g/mol. The van der Waals surface area contributed by atoms with Crippen molar-refractivity contribution in [1.29, 1.82) is 0 Å². The van der Waals surface area contributed by atoms with Crippen molar-refractivity contribution in [3.8, 4) is 0 Å². The molecule has 88 valence electrons. The highest BCUT2D eigenvalue weighted by Crippen LogP contribution is 2.22. The van der Waals surface area contributed by atoms with Crippen molar-refractivity contribution in [1.82, 2.24) is 0 Å². The lowest BCUT2D eigenvalue weighted by molar-refractivity contribution is -0.136. The predicted octanol–water partition coefficient (Wildman–Crippen LogP) is 3.50. The molecular weight excluding hydrogens is 240 g/mol. The Bertz CT molecular complexity index is 335. The molecule has 2 nitrogen and oxygen atoms in total. The van der Waals surface area contributed by atoms with Crippen molar-refractivity contribution in [3.05, 3.63) is 29.8 Å². The van der Waals surface area contributed by atoms with E-state index in [9.17, 15) is 4.79 Å². The van der Waals surface area contributed by atoms with Gasteiger partial charge in [-0.3, -0.25) is 4.79 Å². The number of aliphatic carboxylic acids is 1. The molecule has 16 heavy (non-hydrogen) atoms. The lowest BCUT2D eigenvalue weighted by Crippen LogP contribution is -2.14. The zero-order valence-electron chi connectivity index (χ0n) is 9.47. The Labute approximate surface area is 105 Å². The first-order chi connectivity index (χ1) is 7.67. The second-order valence-electron chi connectivity index (χ2n) is 3.39. The van der Waals surface area contributed by atoms with Crippen LogP contribution in [-0.2, 0) is 10.5 Å². The summed E-state index contributed by atoms with van der Waals surface area (Å²) in [5.74, 6) is 0.0488. The van der Waals surface area contributed by atoms with Crippen LogP contribution < -0.4 is 0 Å². The molecule has 0 saturated heterocycles. The van der Waals surface area contributed by atoms with Crippen LogP contribution in [0.2, 0.25) is 0 Å². The Morgan fingerprint density at radius 3 is 2.44 bits per heavy atom. The number of carboxylic acid groups (broad SMARTS) is 1. The Kier molecular flexibility index (Phi) is 5.77.